The van der Waals surface area contributed by atoms with Gasteiger partial charge >= 0.3 is 0 Å². The molecule has 2 N–H and O–H groups in total. The maximum Gasteiger partial charge on any atom is 0.293 e. The van der Waals surface area contributed by atoms with Gasteiger partial charge in [-0.1, -0.05) is 29.3 Å². The van der Waals surface area contributed by atoms with E-state index in [0.717, 1.165) is 36.6 Å². The van der Waals surface area contributed by atoms with E-state index in [1.54, 1.807) is 6.07 Å². The highest BCUT2D eigenvalue weighted by molar-refractivity contribution is 6.33. The number of rotatable bonds is 5. The second-order valence-corrected chi connectivity index (χ2v) is 8.75. The summed E-state index contributed by atoms with van der Waals surface area (Å²) in [4.78, 5) is 29.4. The molecule has 1 aliphatic rings. The smallest absolute Gasteiger partial charge is 0.293 e. The summed E-state index contributed by atoms with van der Waals surface area (Å²) < 4.78 is 15.5. The van der Waals surface area contributed by atoms with E-state index < -0.39 is 11.4 Å². The molecule has 0 unspecified atom stereocenters. The minimum absolute atomic E-state index is 0.00622. The molecule has 0 aliphatic carbocycles. The molecule has 180 valence electrons. The number of benzene rings is 2. The zero-order valence-electron chi connectivity index (χ0n) is 18.7. The van der Waals surface area contributed by atoms with Crippen molar-refractivity contribution in [1.29, 1.82) is 0 Å². The van der Waals surface area contributed by atoms with Crippen molar-refractivity contribution >= 4 is 51.6 Å². The lowest BCUT2D eigenvalue weighted by atomic mass is 10.1. The van der Waals surface area contributed by atoms with Gasteiger partial charge in [-0.2, -0.15) is 4.98 Å². The highest BCUT2D eigenvalue weighted by Gasteiger charge is 2.19. The van der Waals surface area contributed by atoms with Crippen molar-refractivity contribution in [2.45, 2.75) is 0 Å². The average Bonchev–Trinajstić information content (AvgIpc) is 2.85. The number of pyridine rings is 1. The van der Waals surface area contributed by atoms with E-state index >= 15 is 0 Å². The van der Waals surface area contributed by atoms with Crippen molar-refractivity contribution in [3.8, 4) is 11.1 Å². The first-order chi connectivity index (χ1) is 17.0. The Labute approximate surface area is 210 Å². The van der Waals surface area contributed by atoms with Crippen molar-refractivity contribution in [1.82, 2.24) is 20.0 Å². The molecule has 0 saturated carbocycles. The molecular weight excluding hydrogens is 494 g/mol. The highest BCUT2D eigenvalue weighted by Crippen LogP contribution is 2.31. The minimum Gasteiger partial charge on any atom is -0.412 e. The Hall–Kier alpha value is -3.40. The van der Waals surface area contributed by atoms with E-state index in [9.17, 15) is 9.18 Å². The van der Waals surface area contributed by atoms with Gasteiger partial charge < -0.3 is 20.4 Å². The van der Waals surface area contributed by atoms with Gasteiger partial charge in [0.2, 0.25) is 5.95 Å². The van der Waals surface area contributed by atoms with Crippen LogP contribution < -0.4 is 25.9 Å². The van der Waals surface area contributed by atoms with E-state index in [-0.39, 0.29) is 27.7 Å². The number of hydrogen-bond donors (Lipinski definition) is 2. The van der Waals surface area contributed by atoms with E-state index in [4.69, 9.17) is 28.0 Å². The van der Waals surface area contributed by atoms with Crippen molar-refractivity contribution in [2.24, 2.45) is 0 Å². The topological polar surface area (TPSA) is 84.3 Å². The average molecular weight is 515 g/mol. The van der Waals surface area contributed by atoms with Gasteiger partial charge in [0.25, 0.3) is 5.56 Å². The number of anilines is 3. The molecule has 0 radical (unpaired) electrons. The van der Waals surface area contributed by atoms with E-state index in [1.165, 1.54) is 37.6 Å². The van der Waals surface area contributed by atoms with Crippen LogP contribution in [0.4, 0.5) is 21.7 Å². The lowest BCUT2D eigenvalue weighted by Gasteiger charge is -2.30. The monoisotopic (exact) mass is 514 g/mol. The van der Waals surface area contributed by atoms with Crippen LogP contribution in [0.25, 0.3) is 22.2 Å². The Bertz CT molecular complexity index is 1450. The van der Waals surface area contributed by atoms with Gasteiger partial charge in [0.15, 0.2) is 5.65 Å². The quantitative estimate of drug-likeness (QED) is 0.414. The molecule has 0 atom stereocenters. The second kappa shape index (κ2) is 9.69. The number of aromatic nitrogens is 3. The maximum absolute atomic E-state index is 14.5. The first-order valence-corrected chi connectivity index (χ1v) is 11.7. The number of halogens is 3. The predicted octanol–water partition coefficient (Wildman–Crippen LogP) is 4.12. The van der Waals surface area contributed by atoms with Crippen molar-refractivity contribution in [2.75, 3.05) is 43.5 Å². The summed E-state index contributed by atoms with van der Waals surface area (Å²) in [5, 5.41) is 7.63. The number of nitrogens with zero attached hydrogens (tertiary/aromatic N) is 4. The van der Waals surface area contributed by atoms with Crippen LogP contribution in [0.5, 0.6) is 0 Å². The molecule has 35 heavy (non-hydrogen) atoms. The minimum atomic E-state index is -0.614. The van der Waals surface area contributed by atoms with Crippen molar-refractivity contribution in [3.05, 3.63) is 74.9 Å². The Morgan fingerprint density at radius 1 is 1.11 bits per heavy atom. The van der Waals surface area contributed by atoms with Crippen LogP contribution in [-0.4, -0.2) is 48.0 Å². The van der Waals surface area contributed by atoms with E-state index in [1.807, 2.05) is 12.1 Å². The van der Waals surface area contributed by atoms with Crippen molar-refractivity contribution < 1.29 is 9.23 Å². The van der Waals surface area contributed by atoms with Crippen LogP contribution >= 0.6 is 23.2 Å². The molecule has 1 fully saturated rings. The largest absolute Gasteiger partial charge is 0.412 e. The summed E-state index contributed by atoms with van der Waals surface area (Å²) in [5.74, 6) is -0.373. The van der Waals surface area contributed by atoms with Gasteiger partial charge in [-0.3, -0.25) is 4.79 Å². The summed E-state index contributed by atoms with van der Waals surface area (Å²) in [6, 6.07) is 11.4. The zero-order chi connectivity index (χ0) is 24.5. The Kier molecular flexibility index (Phi) is 6.46. The van der Waals surface area contributed by atoms with Crippen molar-refractivity contribution in [3.63, 3.8) is 0 Å². The lowest BCUT2D eigenvalue weighted by Crippen LogP contribution is -2.43. The van der Waals surface area contributed by atoms with Gasteiger partial charge in [-0.15, -0.1) is 4.73 Å². The Morgan fingerprint density at radius 2 is 1.91 bits per heavy atom. The van der Waals surface area contributed by atoms with Crippen LogP contribution in [0.1, 0.15) is 0 Å². The third-order valence-electron chi connectivity index (χ3n) is 5.78. The zero-order valence-corrected chi connectivity index (χ0v) is 20.2. The number of nitrogens with one attached hydrogen (secondary N) is 2. The van der Waals surface area contributed by atoms with Gasteiger partial charge in [-0.25, -0.2) is 9.37 Å². The van der Waals surface area contributed by atoms with E-state index in [0.29, 0.717) is 16.1 Å². The molecule has 8 nitrogen and oxygen atoms in total. The number of piperazine rings is 1. The number of fused-ring (bicyclic) bond motifs is 1. The van der Waals surface area contributed by atoms with E-state index in [2.05, 4.69) is 25.5 Å². The molecule has 0 amide bonds. The third-order valence-corrected chi connectivity index (χ3v) is 6.40. The fourth-order valence-electron chi connectivity index (χ4n) is 4.11. The van der Waals surface area contributed by atoms with Gasteiger partial charge in [0, 0.05) is 49.0 Å². The van der Waals surface area contributed by atoms with Gasteiger partial charge in [0.05, 0.1) is 21.3 Å². The molecule has 1 aliphatic heterocycles. The maximum atomic E-state index is 14.5. The molecule has 4 aromatic rings. The van der Waals surface area contributed by atoms with Crippen LogP contribution in [0, 0.1) is 5.82 Å². The van der Waals surface area contributed by atoms with Crippen LogP contribution in [0.2, 0.25) is 10.0 Å². The molecule has 11 heteroatoms. The predicted molar refractivity (Wildman–Crippen MR) is 137 cm³/mol. The second-order valence-electron chi connectivity index (χ2n) is 7.94. The highest BCUT2D eigenvalue weighted by atomic mass is 35.5. The lowest BCUT2D eigenvalue weighted by molar-refractivity contribution is 0.168. The standard InChI is InChI=1S/C24H21Cl2FN6O2/c1-35-33-22-14(11-16(23(33)34)21-17(25)3-2-4-19(21)27)13-29-24(31-22)30-15-5-6-20(18(26)12-15)32-9-7-28-8-10-32/h2-6,11-13,28H,7-10H2,1H3,(H,29,30,31). The van der Waals surface area contributed by atoms with Gasteiger partial charge in [0.1, 0.15) is 12.9 Å². The molecular formula is C24H21Cl2FN6O2. The molecule has 0 spiro atoms. The SMILES string of the molecule is COn1c(=O)c(-c2c(F)cccc2Cl)cc2cnc(Nc3ccc(N4CCNCC4)c(Cl)c3)nc21. The summed E-state index contributed by atoms with van der Waals surface area (Å²) in [6.07, 6.45) is 1.52. The summed E-state index contributed by atoms with van der Waals surface area (Å²) in [5.41, 5.74) is 1.31. The molecule has 2 aromatic carbocycles. The van der Waals surface area contributed by atoms with Crippen LogP contribution in [0.15, 0.2) is 53.5 Å². The Morgan fingerprint density at radius 3 is 2.63 bits per heavy atom. The fourth-order valence-corrected chi connectivity index (χ4v) is 4.67. The van der Waals surface area contributed by atoms with Gasteiger partial charge in [-0.05, 0) is 36.4 Å². The molecule has 2 aromatic heterocycles. The summed E-state index contributed by atoms with van der Waals surface area (Å²) in [6.45, 7) is 3.59. The number of hydrogen-bond acceptors (Lipinski definition) is 7. The summed E-state index contributed by atoms with van der Waals surface area (Å²) in [7, 11) is 1.33. The van der Waals surface area contributed by atoms with Crippen LogP contribution in [0.3, 0.4) is 0 Å². The summed E-state index contributed by atoms with van der Waals surface area (Å²) >= 11 is 12.7. The first kappa shape index (κ1) is 23.3. The molecule has 1 saturated heterocycles. The molecule has 0 bridgehead atoms. The van der Waals surface area contributed by atoms with Crippen LogP contribution in [-0.2, 0) is 0 Å². The normalized spacial score (nSPS) is 13.8. The fraction of sp³-hybridized carbons (Fsp3) is 0.208. The Balaban J connectivity index is 1.50. The first-order valence-electron chi connectivity index (χ1n) is 10.9. The third kappa shape index (κ3) is 4.50. The molecule has 3 heterocycles. The molecule has 5 rings (SSSR count).